The van der Waals surface area contributed by atoms with Crippen LogP contribution in [0.3, 0.4) is 0 Å². The molecule has 3 saturated heterocycles. The molecular weight excluding hydrogens is 868 g/mol. The van der Waals surface area contributed by atoms with Crippen LogP contribution in [0, 0.1) is 44.8 Å². The Hall–Kier alpha value is -1.76. The minimum atomic E-state index is -1.81. The molecule has 3 aliphatic heterocycles. The molecule has 0 spiro atoms. The lowest BCUT2D eigenvalue weighted by atomic mass is 9.34. The Morgan fingerprint density at radius 3 is 2.06 bits per heavy atom. The first-order chi connectivity index (χ1) is 30.8. The van der Waals surface area contributed by atoms with Gasteiger partial charge in [0.25, 0.3) is 0 Å². The second kappa shape index (κ2) is 19.1. The molecule has 7 rings (SSSR count). The number of Topliss-reactive ketones (excluding diaryl/α,β-unsaturated/α-hetero) is 1. The van der Waals surface area contributed by atoms with Crippen LogP contribution < -0.4 is 0 Å². The minimum absolute atomic E-state index is 0.00815. The zero-order chi connectivity index (χ0) is 48.6. The summed E-state index contributed by atoms with van der Waals surface area (Å²) in [6.45, 7) is 12.6. The van der Waals surface area contributed by atoms with E-state index in [4.69, 9.17) is 28.4 Å². The highest BCUT2D eigenvalue weighted by molar-refractivity contribution is 5.81. The van der Waals surface area contributed by atoms with E-state index in [1.54, 1.807) is 6.92 Å². The maximum absolute atomic E-state index is 14.5. The second-order valence-corrected chi connectivity index (χ2v) is 22.1. The van der Waals surface area contributed by atoms with Crippen LogP contribution in [0.15, 0.2) is 11.6 Å². The highest BCUT2D eigenvalue weighted by Gasteiger charge is 2.69. The first-order valence-electron chi connectivity index (χ1n) is 23.8. The van der Waals surface area contributed by atoms with Gasteiger partial charge in [0, 0.05) is 5.92 Å². The predicted molar refractivity (Wildman–Crippen MR) is 228 cm³/mol. The number of carbonyl (C=O) groups is 2. The molecule has 19 nitrogen and oxygen atoms in total. The van der Waals surface area contributed by atoms with E-state index in [1.165, 1.54) is 6.92 Å². The molecular formula is C47H76O19. The Kier molecular flexibility index (Phi) is 15.1. The zero-order valence-corrected chi connectivity index (χ0v) is 39.2. The standard InChI is InChI=1S/C47H76O19/c1-21(22(2)50)8-13-47(42(60)66-40-35(57)34(56)32(54)26(18-48)63-40)15-14-45(6)23(17-47)24(51)16-29-44(5)11-10-30(43(3,4)28(44)9-12-46(29,45)7)64-41-38(31(53)25(52)20-61-41)65-37-33(55)27(19-49)62-39(59)36(37)58/h17,21,24-41,48-49,51-59H,8-16,18-20H2,1-7H3/t21-,24-,25+,26-,27-,28+,29-,30+,31+,32-,33-,34+,35-,36-,37+,38-,39-,40+,41+,44+,45-,46-,47+/m1/s1. The lowest BCUT2D eigenvalue weighted by molar-refractivity contribution is -0.350. The maximum atomic E-state index is 14.5. The van der Waals surface area contributed by atoms with E-state index in [1.807, 2.05) is 6.08 Å². The Labute approximate surface area is 386 Å². The van der Waals surface area contributed by atoms with E-state index < -0.39 is 134 Å². The van der Waals surface area contributed by atoms with Crippen molar-refractivity contribution in [2.75, 3.05) is 19.8 Å². The highest BCUT2D eigenvalue weighted by atomic mass is 16.7. The van der Waals surface area contributed by atoms with Crippen molar-refractivity contribution in [3.05, 3.63) is 11.6 Å². The topological polar surface area (TPSA) is 312 Å². The summed E-state index contributed by atoms with van der Waals surface area (Å²) in [5.41, 5.74) is -2.41. The molecule has 11 N–H and O–H groups in total. The average Bonchev–Trinajstić information content (AvgIpc) is 3.27. The number of aliphatic hydroxyl groups excluding tert-OH is 11. The molecule has 378 valence electrons. The molecule has 0 aromatic heterocycles. The number of carbonyl (C=O) groups excluding carboxylic acids is 2. The number of fused-ring (bicyclic) bond motifs is 5. The van der Waals surface area contributed by atoms with E-state index in [0.717, 1.165) is 12.8 Å². The van der Waals surface area contributed by atoms with Crippen molar-refractivity contribution >= 4 is 11.8 Å². The van der Waals surface area contributed by atoms with Gasteiger partial charge >= 0.3 is 5.97 Å². The van der Waals surface area contributed by atoms with Gasteiger partial charge in [-0.15, -0.1) is 0 Å². The fourth-order valence-electron chi connectivity index (χ4n) is 13.7. The summed E-state index contributed by atoms with van der Waals surface area (Å²) in [6, 6.07) is 0. The summed E-state index contributed by atoms with van der Waals surface area (Å²) in [6.07, 6.45) is -16.9. The molecule has 0 aromatic carbocycles. The SMILES string of the molecule is CC(=O)[C@H](C)CC[C@@]1(C(=O)O[C@@H]2O[C@H](CO)[C@@H](O)[C@H](O)[C@H]2O)C=C2[C@H](O)C[C@@H]3[C@@]4(C)CC[C@H](O[C@@H]5OC[C@H](O)[C@H](O)[C@H]5O[C@@H]5[C@@H](O)[C@H](O)O[C@H](CO)[C@H]5O)C(C)(C)[C@@H]4CC[C@@]3(C)[C@]2(C)CC1. The molecule has 19 heteroatoms. The number of hydrogen-bond acceptors (Lipinski definition) is 19. The maximum Gasteiger partial charge on any atom is 0.318 e. The lowest BCUT2D eigenvalue weighted by Gasteiger charge is -2.71. The molecule has 23 atom stereocenters. The molecule has 7 aliphatic rings. The Balaban J connectivity index is 1.13. The number of rotatable bonds is 12. The fourth-order valence-corrected chi connectivity index (χ4v) is 13.7. The molecule has 0 radical (unpaired) electrons. The molecule has 66 heavy (non-hydrogen) atoms. The van der Waals surface area contributed by atoms with Crippen LogP contribution in [-0.2, 0) is 38.0 Å². The summed E-state index contributed by atoms with van der Waals surface area (Å²) in [4.78, 5) is 26.9. The lowest BCUT2D eigenvalue weighted by Crippen LogP contribution is -2.67. The number of aliphatic hydroxyl groups is 11. The van der Waals surface area contributed by atoms with Gasteiger partial charge in [-0.05, 0) is 104 Å². The Bertz CT molecular complexity index is 1780. The van der Waals surface area contributed by atoms with Crippen LogP contribution in [0.5, 0.6) is 0 Å². The van der Waals surface area contributed by atoms with Crippen LogP contribution in [0.4, 0.5) is 0 Å². The van der Waals surface area contributed by atoms with Crippen molar-refractivity contribution in [3.63, 3.8) is 0 Å². The number of ether oxygens (including phenoxy) is 6. The van der Waals surface area contributed by atoms with Gasteiger partial charge in [0.1, 0.15) is 72.9 Å². The quantitative estimate of drug-likeness (QED) is 0.0656. The van der Waals surface area contributed by atoms with Gasteiger partial charge in [-0.1, -0.05) is 47.6 Å². The van der Waals surface area contributed by atoms with Crippen molar-refractivity contribution in [2.24, 2.45) is 44.8 Å². The van der Waals surface area contributed by atoms with Crippen LogP contribution in [-0.4, -0.2) is 186 Å². The summed E-state index contributed by atoms with van der Waals surface area (Å²) < 4.78 is 35.2. The molecule has 0 amide bonds. The third kappa shape index (κ3) is 8.65. The highest BCUT2D eigenvalue weighted by Crippen LogP contribution is 2.74. The average molecular weight is 945 g/mol. The van der Waals surface area contributed by atoms with Crippen LogP contribution in [0.25, 0.3) is 0 Å². The monoisotopic (exact) mass is 944 g/mol. The van der Waals surface area contributed by atoms with Crippen molar-refractivity contribution in [1.29, 1.82) is 0 Å². The molecule has 3 saturated carbocycles. The predicted octanol–water partition coefficient (Wildman–Crippen LogP) is -0.680. The first kappa shape index (κ1) is 52.1. The fraction of sp³-hybridized carbons (Fsp3) is 0.915. The normalized spacial score (nSPS) is 50.8. The van der Waals surface area contributed by atoms with Crippen molar-refractivity contribution in [1.82, 2.24) is 0 Å². The van der Waals surface area contributed by atoms with Crippen LogP contribution in [0.2, 0.25) is 0 Å². The first-order valence-corrected chi connectivity index (χ1v) is 23.8. The van der Waals surface area contributed by atoms with Gasteiger partial charge in [-0.2, -0.15) is 0 Å². The van der Waals surface area contributed by atoms with Gasteiger partial charge in [0.15, 0.2) is 12.6 Å². The zero-order valence-electron chi connectivity index (χ0n) is 39.2. The smallest absolute Gasteiger partial charge is 0.318 e. The molecule has 0 bridgehead atoms. The van der Waals surface area contributed by atoms with E-state index in [-0.39, 0.29) is 53.8 Å². The van der Waals surface area contributed by atoms with Crippen LogP contribution >= 0.6 is 0 Å². The summed E-state index contributed by atoms with van der Waals surface area (Å²) in [5, 5.41) is 117. The van der Waals surface area contributed by atoms with E-state index in [2.05, 4.69) is 34.6 Å². The van der Waals surface area contributed by atoms with Gasteiger partial charge in [0.05, 0.1) is 37.4 Å². The van der Waals surface area contributed by atoms with Crippen molar-refractivity contribution in [2.45, 2.75) is 204 Å². The van der Waals surface area contributed by atoms with Gasteiger partial charge in [-0.25, -0.2) is 0 Å². The molecule has 4 aliphatic carbocycles. The number of hydrogen-bond donors (Lipinski definition) is 11. The molecule has 0 aromatic rings. The van der Waals surface area contributed by atoms with Crippen molar-refractivity contribution in [3.8, 4) is 0 Å². The molecule has 6 fully saturated rings. The number of esters is 1. The number of ketones is 1. The van der Waals surface area contributed by atoms with Gasteiger partial charge in [0.2, 0.25) is 6.29 Å². The molecule has 3 heterocycles. The van der Waals surface area contributed by atoms with Gasteiger partial charge < -0.3 is 84.6 Å². The Morgan fingerprint density at radius 1 is 0.742 bits per heavy atom. The Morgan fingerprint density at radius 2 is 1.41 bits per heavy atom. The molecule has 0 unspecified atom stereocenters. The van der Waals surface area contributed by atoms with E-state index >= 15 is 0 Å². The third-order valence-corrected chi connectivity index (χ3v) is 18.3. The third-order valence-electron chi connectivity index (χ3n) is 18.3. The van der Waals surface area contributed by atoms with Gasteiger partial charge in [-0.3, -0.25) is 9.59 Å². The second-order valence-electron chi connectivity index (χ2n) is 22.1. The summed E-state index contributed by atoms with van der Waals surface area (Å²) in [7, 11) is 0. The van der Waals surface area contributed by atoms with E-state index in [9.17, 15) is 65.8 Å². The minimum Gasteiger partial charge on any atom is -0.432 e. The largest absolute Gasteiger partial charge is 0.432 e. The van der Waals surface area contributed by atoms with E-state index in [0.29, 0.717) is 37.7 Å². The summed E-state index contributed by atoms with van der Waals surface area (Å²) >= 11 is 0. The van der Waals surface area contributed by atoms with Crippen LogP contribution in [0.1, 0.15) is 106 Å². The van der Waals surface area contributed by atoms with Crippen molar-refractivity contribution < 1.29 is 94.2 Å². The summed E-state index contributed by atoms with van der Waals surface area (Å²) in [5.74, 6) is -1.13.